The van der Waals surface area contributed by atoms with E-state index in [1.807, 2.05) is 6.92 Å². The van der Waals surface area contributed by atoms with Crippen molar-refractivity contribution in [1.29, 1.82) is 0 Å². The minimum Gasteiger partial charge on any atom is -0.481 e. The minimum absolute atomic E-state index is 0.0297. The van der Waals surface area contributed by atoms with Crippen molar-refractivity contribution in [2.75, 3.05) is 13.1 Å². The van der Waals surface area contributed by atoms with Crippen molar-refractivity contribution in [3.63, 3.8) is 0 Å². The molecule has 0 amide bonds. The third-order valence-electron chi connectivity index (χ3n) is 3.74. The van der Waals surface area contributed by atoms with E-state index < -0.39 is 21.9 Å². The van der Waals surface area contributed by atoms with Gasteiger partial charge in [0, 0.05) is 17.6 Å². The van der Waals surface area contributed by atoms with E-state index in [0.717, 1.165) is 0 Å². The van der Waals surface area contributed by atoms with Crippen LogP contribution in [0.1, 0.15) is 18.9 Å². The first-order valence-electron chi connectivity index (χ1n) is 6.71. The highest BCUT2D eigenvalue weighted by molar-refractivity contribution is 9.10. The van der Waals surface area contributed by atoms with E-state index in [1.165, 1.54) is 4.31 Å². The van der Waals surface area contributed by atoms with Gasteiger partial charge in [0.15, 0.2) is 0 Å². The summed E-state index contributed by atoms with van der Waals surface area (Å²) in [6.45, 7) is 4.01. The van der Waals surface area contributed by atoms with Gasteiger partial charge in [-0.25, -0.2) is 8.42 Å². The summed E-state index contributed by atoms with van der Waals surface area (Å²) in [4.78, 5) is 11.4. The first kappa shape index (κ1) is 16.5. The molecule has 2 rings (SSSR count). The highest BCUT2D eigenvalue weighted by Gasteiger charge is 2.36. The van der Waals surface area contributed by atoms with Gasteiger partial charge in [-0.05, 0) is 37.0 Å². The predicted molar refractivity (Wildman–Crippen MR) is 82.5 cm³/mol. The Morgan fingerprint density at radius 3 is 2.67 bits per heavy atom. The summed E-state index contributed by atoms with van der Waals surface area (Å²) >= 11 is 3.28. The van der Waals surface area contributed by atoms with Gasteiger partial charge in [0.2, 0.25) is 10.0 Å². The van der Waals surface area contributed by atoms with Gasteiger partial charge in [-0.2, -0.15) is 4.31 Å². The van der Waals surface area contributed by atoms with E-state index >= 15 is 0 Å². The maximum Gasteiger partial charge on any atom is 0.307 e. The lowest BCUT2D eigenvalue weighted by atomic mass is 9.92. The molecule has 0 radical (unpaired) electrons. The van der Waals surface area contributed by atoms with Crippen LogP contribution < -0.4 is 0 Å². The van der Waals surface area contributed by atoms with E-state index in [-0.39, 0.29) is 17.4 Å². The van der Waals surface area contributed by atoms with Crippen molar-refractivity contribution in [2.45, 2.75) is 25.2 Å². The maximum atomic E-state index is 12.8. The molecule has 1 N–H and O–H groups in total. The van der Waals surface area contributed by atoms with Gasteiger partial charge in [-0.1, -0.05) is 28.9 Å². The number of carboxylic acid groups (broad SMARTS) is 1. The molecule has 2 atom stereocenters. The molecule has 1 aromatic rings. The minimum atomic E-state index is -3.67. The van der Waals surface area contributed by atoms with Gasteiger partial charge < -0.3 is 5.11 Å². The zero-order valence-electron chi connectivity index (χ0n) is 11.9. The average Bonchev–Trinajstić information content (AvgIpc) is 2.40. The molecule has 1 aliphatic heterocycles. The number of benzene rings is 1. The van der Waals surface area contributed by atoms with Crippen molar-refractivity contribution in [3.05, 3.63) is 28.2 Å². The molecule has 21 heavy (non-hydrogen) atoms. The highest BCUT2D eigenvalue weighted by atomic mass is 79.9. The Bertz CT molecular complexity index is 659. The van der Waals surface area contributed by atoms with Crippen molar-refractivity contribution in [1.82, 2.24) is 4.31 Å². The Hall–Kier alpha value is -0.920. The lowest BCUT2D eigenvalue weighted by molar-refractivity contribution is -0.143. The molecule has 7 heteroatoms. The first-order chi connectivity index (χ1) is 9.71. The van der Waals surface area contributed by atoms with Crippen molar-refractivity contribution in [3.8, 4) is 0 Å². The zero-order chi connectivity index (χ0) is 15.8. The number of halogens is 1. The number of nitrogens with zero attached hydrogens (tertiary/aromatic N) is 1. The summed E-state index contributed by atoms with van der Waals surface area (Å²) in [6, 6.07) is 5.09. The monoisotopic (exact) mass is 375 g/mol. The van der Waals surface area contributed by atoms with Gasteiger partial charge in [-0.15, -0.1) is 0 Å². The van der Waals surface area contributed by atoms with Crippen molar-refractivity contribution >= 4 is 31.9 Å². The van der Waals surface area contributed by atoms with Crippen LogP contribution in [0.3, 0.4) is 0 Å². The number of rotatable bonds is 3. The molecule has 0 aliphatic carbocycles. The number of aryl methyl sites for hydroxylation is 1. The van der Waals surface area contributed by atoms with Crippen molar-refractivity contribution in [2.24, 2.45) is 11.8 Å². The number of carbonyl (C=O) groups is 1. The largest absolute Gasteiger partial charge is 0.481 e. The molecule has 5 nitrogen and oxygen atoms in total. The first-order valence-corrected chi connectivity index (χ1v) is 8.94. The molecule has 1 saturated heterocycles. The predicted octanol–water partition coefficient (Wildman–Crippen LogP) is 2.49. The number of sulfonamides is 1. The highest BCUT2D eigenvalue weighted by Crippen LogP contribution is 2.29. The normalized spacial score (nSPS) is 24.0. The fourth-order valence-electron chi connectivity index (χ4n) is 2.67. The number of aliphatic carboxylic acids is 1. The van der Waals surface area contributed by atoms with Crippen LogP contribution in [-0.4, -0.2) is 36.9 Å². The van der Waals surface area contributed by atoms with Crippen LogP contribution in [0.15, 0.2) is 27.6 Å². The molecule has 0 aromatic heterocycles. The summed E-state index contributed by atoms with van der Waals surface area (Å²) in [5.74, 6) is -1.55. The number of carboxylic acids is 1. The quantitative estimate of drug-likeness (QED) is 0.880. The third kappa shape index (κ3) is 3.46. The summed E-state index contributed by atoms with van der Waals surface area (Å²) in [5, 5.41) is 9.18. The second-order valence-electron chi connectivity index (χ2n) is 5.61. The lowest BCUT2D eigenvalue weighted by Gasteiger charge is -2.34. The Morgan fingerprint density at radius 2 is 2.05 bits per heavy atom. The SMILES string of the molecule is Cc1ccc(Br)cc1S(=O)(=O)N1CC(C)CC(C(=O)O)C1. The van der Waals surface area contributed by atoms with Crippen LogP contribution in [0.5, 0.6) is 0 Å². The van der Waals surface area contributed by atoms with Crippen LogP contribution in [0.25, 0.3) is 0 Å². The molecule has 0 bridgehead atoms. The molecule has 0 saturated carbocycles. The van der Waals surface area contributed by atoms with Crippen LogP contribution in [0.4, 0.5) is 0 Å². The number of hydrogen-bond acceptors (Lipinski definition) is 3. The Morgan fingerprint density at radius 1 is 1.38 bits per heavy atom. The number of piperidine rings is 1. The van der Waals surface area contributed by atoms with Crippen LogP contribution >= 0.6 is 15.9 Å². The maximum absolute atomic E-state index is 12.8. The Labute approximate surface area is 133 Å². The van der Waals surface area contributed by atoms with E-state index in [9.17, 15) is 18.3 Å². The molecular formula is C14H18BrNO4S. The Balaban J connectivity index is 2.38. The molecule has 1 aromatic carbocycles. The zero-order valence-corrected chi connectivity index (χ0v) is 14.3. The third-order valence-corrected chi connectivity index (χ3v) is 6.21. The summed E-state index contributed by atoms with van der Waals surface area (Å²) in [7, 11) is -3.67. The van der Waals surface area contributed by atoms with E-state index in [2.05, 4.69) is 15.9 Å². The van der Waals surface area contributed by atoms with Crippen LogP contribution in [0.2, 0.25) is 0 Å². The molecule has 116 valence electrons. The van der Waals surface area contributed by atoms with E-state index in [0.29, 0.717) is 23.0 Å². The fraction of sp³-hybridized carbons (Fsp3) is 0.500. The Kier molecular flexibility index (Phi) is 4.75. The van der Waals surface area contributed by atoms with Gasteiger partial charge in [0.05, 0.1) is 10.8 Å². The van der Waals surface area contributed by atoms with Crippen LogP contribution in [-0.2, 0) is 14.8 Å². The van der Waals surface area contributed by atoms with Gasteiger partial charge in [0.1, 0.15) is 0 Å². The van der Waals surface area contributed by atoms with Gasteiger partial charge >= 0.3 is 5.97 Å². The van der Waals surface area contributed by atoms with Crippen LogP contribution in [0, 0.1) is 18.8 Å². The molecule has 1 aliphatic rings. The molecule has 0 spiro atoms. The summed E-state index contributed by atoms with van der Waals surface area (Å²) < 4.78 is 27.6. The smallest absolute Gasteiger partial charge is 0.307 e. The standard InChI is InChI=1S/C14H18BrNO4S/c1-9-5-11(14(17)18)8-16(7-9)21(19,20)13-6-12(15)4-3-10(13)2/h3-4,6,9,11H,5,7-8H2,1-2H3,(H,17,18). The van der Waals surface area contributed by atoms with Gasteiger partial charge in [-0.3, -0.25) is 4.79 Å². The second kappa shape index (κ2) is 6.06. The number of hydrogen-bond donors (Lipinski definition) is 1. The fourth-order valence-corrected chi connectivity index (χ4v) is 5.04. The topological polar surface area (TPSA) is 74.7 Å². The van der Waals surface area contributed by atoms with Crippen molar-refractivity contribution < 1.29 is 18.3 Å². The summed E-state index contributed by atoms with van der Waals surface area (Å²) in [6.07, 6.45) is 0.513. The molecule has 1 fully saturated rings. The summed E-state index contributed by atoms with van der Waals surface area (Å²) in [5.41, 5.74) is 0.656. The van der Waals surface area contributed by atoms with E-state index in [1.54, 1.807) is 25.1 Å². The van der Waals surface area contributed by atoms with Gasteiger partial charge in [0.25, 0.3) is 0 Å². The average molecular weight is 376 g/mol. The molecule has 2 unspecified atom stereocenters. The lowest BCUT2D eigenvalue weighted by Crippen LogP contribution is -2.45. The molecule has 1 heterocycles. The second-order valence-corrected chi connectivity index (χ2v) is 8.43. The molecular weight excluding hydrogens is 358 g/mol. The van der Waals surface area contributed by atoms with E-state index in [4.69, 9.17) is 0 Å².